The molecule has 0 radical (unpaired) electrons. The van der Waals surface area contributed by atoms with Gasteiger partial charge in [-0.2, -0.15) is 5.10 Å². The van der Waals surface area contributed by atoms with Crippen molar-refractivity contribution in [1.82, 2.24) is 10.3 Å². The summed E-state index contributed by atoms with van der Waals surface area (Å²) in [4.78, 5) is 4.11. The Bertz CT molecular complexity index is 885. The molecule has 2 aromatic rings. The number of hydrogen-bond acceptors (Lipinski definition) is 4. The molecule has 0 aliphatic carbocycles. The maximum absolute atomic E-state index is 14.5. The smallest absolute Gasteiger partial charge is 0.184 e. The van der Waals surface area contributed by atoms with Crippen LogP contribution >= 0.6 is 23.8 Å². The van der Waals surface area contributed by atoms with Crippen molar-refractivity contribution < 1.29 is 8.78 Å². The number of halogens is 3. The van der Waals surface area contributed by atoms with E-state index in [4.69, 9.17) is 17.3 Å². The third-order valence-electron chi connectivity index (χ3n) is 4.45. The van der Waals surface area contributed by atoms with E-state index in [1.807, 2.05) is 29.2 Å². The van der Waals surface area contributed by atoms with Crippen molar-refractivity contribution in [2.75, 3.05) is 31.1 Å². The number of anilines is 1. The van der Waals surface area contributed by atoms with Crippen LogP contribution in [0.15, 0.2) is 41.5 Å². The molecule has 0 unspecified atom stereocenters. The molecule has 0 aromatic heterocycles. The maximum Gasteiger partial charge on any atom is 0.184 e. The summed E-state index contributed by atoms with van der Waals surface area (Å²) in [6.45, 7) is 3.47. The van der Waals surface area contributed by atoms with Gasteiger partial charge in [0.15, 0.2) is 5.11 Å². The normalized spacial score (nSPS) is 15.2. The van der Waals surface area contributed by atoms with Gasteiger partial charge in [-0.05, 0) is 36.0 Å². The third kappa shape index (κ3) is 5.37. The van der Waals surface area contributed by atoms with E-state index in [0.29, 0.717) is 18.1 Å². The Morgan fingerprint density at radius 1 is 1.18 bits per heavy atom. The van der Waals surface area contributed by atoms with E-state index in [9.17, 15) is 8.78 Å². The number of piperazine rings is 1. The SMILES string of the molecule is NC(=S)N/N=C/c1cc(F)c(N2CCN(Cc3cccc(Cl)c3)CC2)cc1F. The molecule has 1 saturated heterocycles. The third-order valence-corrected chi connectivity index (χ3v) is 4.78. The van der Waals surface area contributed by atoms with Gasteiger partial charge in [0.25, 0.3) is 0 Å². The van der Waals surface area contributed by atoms with Crippen LogP contribution in [0.2, 0.25) is 5.02 Å². The van der Waals surface area contributed by atoms with Crippen LogP contribution in [0.4, 0.5) is 14.5 Å². The van der Waals surface area contributed by atoms with E-state index in [-0.39, 0.29) is 16.4 Å². The fourth-order valence-electron chi connectivity index (χ4n) is 3.10. The summed E-state index contributed by atoms with van der Waals surface area (Å²) >= 11 is 10.6. The summed E-state index contributed by atoms with van der Waals surface area (Å²) in [6, 6.07) is 10.1. The topological polar surface area (TPSA) is 56.9 Å². The molecule has 1 heterocycles. The van der Waals surface area contributed by atoms with E-state index >= 15 is 0 Å². The van der Waals surface area contributed by atoms with Gasteiger partial charge in [-0.3, -0.25) is 10.3 Å². The minimum Gasteiger partial charge on any atom is -0.375 e. The van der Waals surface area contributed by atoms with Gasteiger partial charge in [0.1, 0.15) is 11.6 Å². The Labute approximate surface area is 172 Å². The van der Waals surface area contributed by atoms with Crippen molar-refractivity contribution in [1.29, 1.82) is 0 Å². The second-order valence-corrected chi connectivity index (χ2v) is 7.33. The quantitative estimate of drug-likeness (QED) is 0.439. The number of benzene rings is 2. The first-order valence-electron chi connectivity index (χ1n) is 8.71. The summed E-state index contributed by atoms with van der Waals surface area (Å²) in [7, 11) is 0. The summed E-state index contributed by atoms with van der Waals surface area (Å²) in [5.74, 6) is -1.06. The van der Waals surface area contributed by atoms with Crippen molar-refractivity contribution in [3.63, 3.8) is 0 Å². The molecule has 0 saturated carbocycles. The molecule has 28 heavy (non-hydrogen) atoms. The highest BCUT2D eigenvalue weighted by molar-refractivity contribution is 7.80. The lowest BCUT2D eigenvalue weighted by atomic mass is 10.1. The first kappa shape index (κ1) is 20.4. The van der Waals surface area contributed by atoms with Crippen LogP contribution in [0.1, 0.15) is 11.1 Å². The van der Waals surface area contributed by atoms with Gasteiger partial charge in [0, 0.05) is 49.4 Å². The van der Waals surface area contributed by atoms with Gasteiger partial charge >= 0.3 is 0 Å². The standard InChI is InChI=1S/C19H20ClF2N5S/c20-15-3-1-2-13(8-15)12-26-4-6-27(7-5-26)18-10-16(21)14(9-17(18)22)11-24-25-19(23)28/h1-3,8-11H,4-7,12H2,(H3,23,25,28)/b24-11+. The lowest BCUT2D eigenvalue weighted by Crippen LogP contribution is -2.46. The van der Waals surface area contributed by atoms with Gasteiger partial charge in [0.05, 0.1) is 11.9 Å². The summed E-state index contributed by atoms with van der Waals surface area (Å²) in [6.07, 6.45) is 1.14. The lowest BCUT2D eigenvalue weighted by Gasteiger charge is -2.36. The number of nitrogens with zero attached hydrogens (tertiary/aromatic N) is 3. The molecule has 0 spiro atoms. The second-order valence-electron chi connectivity index (χ2n) is 6.45. The highest BCUT2D eigenvalue weighted by Crippen LogP contribution is 2.24. The van der Waals surface area contributed by atoms with Crippen molar-refractivity contribution in [3.05, 3.63) is 64.2 Å². The van der Waals surface area contributed by atoms with E-state index in [1.54, 1.807) is 0 Å². The van der Waals surface area contributed by atoms with Gasteiger partial charge in [-0.1, -0.05) is 23.7 Å². The zero-order chi connectivity index (χ0) is 20.1. The first-order chi connectivity index (χ1) is 13.4. The van der Waals surface area contributed by atoms with Crippen LogP contribution in [0.5, 0.6) is 0 Å². The first-order valence-corrected chi connectivity index (χ1v) is 9.50. The van der Waals surface area contributed by atoms with Gasteiger partial charge in [-0.15, -0.1) is 0 Å². The van der Waals surface area contributed by atoms with Crippen molar-refractivity contribution in [2.24, 2.45) is 10.8 Å². The van der Waals surface area contributed by atoms with Gasteiger partial charge in [-0.25, -0.2) is 8.78 Å². The predicted octanol–water partition coefficient (Wildman–Crippen LogP) is 3.11. The minimum atomic E-state index is -0.564. The van der Waals surface area contributed by atoms with Gasteiger partial charge in [0.2, 0.25) is 0 Å². The van der Waals surface area contributed by atoms with E-state index in [1.165, 1.54) is 6.07 Å². The van der Waals surface area contributed by atoms with Crippen LogP contribution in [0.3, 0.4) is 0 Å². The largest absolute Gasteiger partial charge is 0.375 e. The summed E-state index contributed by atoms with van der Waals surface area (Å²) in [5, 5.41) is 4.32. The van der Waals surface area contributed by atoms with Crippen LogP contribution in [-0.2, 0) is 6.54 Å². The molecule has 5 nitrogen and oxygen atoms in total. The molecule has 3 rings (SSSR count). The molecule has 3 N–H and O–H groups in total. The molecule has 1 fully saturated rings. The highest BCUT2D eigenvalue weighted by Gasteiger charge is 2.21. The van der Waals surface area contributed by atoms with Crippen LogP contribution < -0.4 is 16.1 Å². The molecule has 148 valence electrons. The molecular weight excluding hydrogens is 404 g/mol. The van der Waals surface area contributed by atoms with Crippen LogP contribution in [-0.4, -0.2) is 42.4 Å². The molecular formula is C19H20ClF2N5S. The number of hydrogen-bond donors (Lipinski definition) is 2. The Kier molecular flexibility index (Phi) is 6.77. The Hall–Kier alpha value is -2.29. The Morgan fingerprint density at radius 3 is 2.61 bits per heavy atom. The fourth-order valence-corrected chi connectivity index (χ4v) is 3.36. The van der Waals surface area contributed by atoms with E-state index < -0.39 is 11.6 Å². The zero-order valence-corrected chi connectivity index (χ0v) is 16.6. The number of thiocarbonyl (C=S) groups is 1. The second kappa shape index (κ2) is 9.27. The molecule has 9 heteroatoms. The van der Waals surface area contributed by atoms with Gasteiger partial charge < -0.3 is 10.6 Å². The lowest BCUT2D eigenvalue weighted by molar-refractivity contribution is 0.249. The monoisotopic (exact) mass is 423 g/mol. The molecule has 0 bridgehead atoms. The van der Waals surface area contributed by atoms with Crippen LogP contribution in [0, 0.1) is 11.6 Å². The number of hydrazone groups is 1. The molecule has 0 amide bonds. The summed E-state index contributed by atoms with van der Waals surface area (Å²) in [5.41, 5.74) is 8.95. The number of nitrogens with one attached hydrogen (secondary N) is 1. The number of nitrogens with two attached hydrogens (primary N) is 1. The Balaban J connectivity index is 1.63. The summed E-state index contributed by atoms with van der Waals surface area (Å²) < 4.78 is 28.8. The predicted molar refractivity (Wildman–Crippen MR) is 113 cm³/mol. The highest BCUT2D eigenvalue weighted by atomic mass is 35.5. The molecule has 0 atom stereocenters. The average Bonchev–Trinajstić information content (AvgIpc) is 2.65. The maximum atomic E-state index is 14.5. The minimum absolute atomic E-state index is 0.0181. The van der Waals surface area contributed by atoms with E-state index in [2.05, 4.69) is 27.6 Å². The van der Waals surface area contributed by atoms with Crippen molar-refractivity contribution in [2.45, 2.75) is 6.54 Å². The Morgan fingerprint density at radius 2 is 1.93 bits per heavy atom. The zero-order valence-electron chi connectivity index (χ0n) is 15.0. The fraction of sp³-hybridized carbons (Fsp3) is 0.263. The van der Waals surface area contributed by atoms with Crippen LogP contribution in [0.25, 0.3) is 0 Å². The number of rotatable bonds is 5. The molecule has 2 aromatic carbocycles. The molecule has 1 aliphatic rings. The van der Waals surface area contributed by atoms with Crippen molar-refractivity contribution >= 4 is 40.8 Å². The average molecular weight is 424 g/mol. The van der Waals surface area contributed by atoms with E-state index in [0.717, 1.165) is 37.5 Å². The molecule has 1 aliphatic heterocycles. The van der Waals surface area contributed by atoms with Crippen molar-refractivity contribution in [3.8, 4) is 0 Å².